The first-order valence-electron chi connectivity index (χ1n) is 11.6. The zero-order chi connectivity index (χ0) is 26.0. The molecule has 0 saturated carbocycles. The first kappa shape index (κ1) is 28.9. The van der Waals surface area contributed by atoms with Gasteiger partial charge in [0.2, 0.25) is 21.8 Å². The van der Waals surface area contributed by atoms with Crippen LogP contribution in [0.25, 0.3) is 0 Å². The number of nitrogens with zero attached hydrogens (tertiary/aromatic N) is 2. The summed E-state index contributed by atoms with van der Waals surface area (Å²) in [5.41, 5.74) is 1.16. The molecule has 10 heteroatoms. The maximum absolute atomic E-state index is 13.3. The number of sulfonamides is 1. The molecule has 1 atom stereocenters. The zero-order valence-electron chi connectivity index (χ0n) is 20.3. The fraction of sp³-hybridized carbons (Fsp3) is 0.440. The van der Waals surface area contributed by atoms with Crippen LogP contribution < -0.4 is 9.62 Å². The van der Waals surface area contributed by atoms with Crippen LogP contribution in [0.3, 0.4) is 0 Å². The van der Waals surface area contributed by atoms with E-state index >= 15 is 0 Å². The molecule has 2 aromatic rings. The van der Waals surface area contributed by atoms with Crippen molar-refractivity contribution in [1.82, 2.24) is 10.2 Å². The van der Waals surface area contributed by atoms with Crippen LogP contribution in [0.1, 0.15) is 45.1 Å². The number of nitrogens with one attached hydrogen (secondary N) is 1. The van der Waals surface area contributed by atoms with E-state index in [2.05, 4.69) is 5.32 Å². The van der Waals surface area contributed by atoms with Crippen molar-refractivity contribution >= 4 is 50.7 Å². The van der Waals surface area contributed by atoms with E-state index in [4.69, 9.17) is 23.2 Å². The van der Waals surface area contributed by atoms with Crippen LogP contribution in [0.5, 0.6) is 0 Å². The lowest BCUT2D eigenvalue weighted by Gasteiger charge is -2.29. The fourth-order valence-electron chi connectivity index (χ4n) is 3.56. The molecule has 2 aromatic carbocycles. The highest BCUT2D eigenvalue weighted by molar-refractivity contribution is 7.92. The molecular weight excluding hydrogens is 509 g/mol. The van der Waals surface area contributed by atoms with E-state index in [1.54, 1.807) is 43.3 Å². The Morgan fingerprint density at radius 1 is 1.06 bits per heavy atom. The minimum absolute atomic E-state index is 0.0591. The first-order valence-corrected chi connectivity index (χ1v) is 14.2. The van der Waals surface area contributed by atoms with E-state index in [-0.39, 0.29) is 37.7 Å². The van der Waals surface area contributed by atoms with Gasteiger partial charge in [-0.1, -0.05) is 60.8 Å². The molecule has 192 valence electrons. The third kappa shape index (κ3) is 9.02. The molecule has 0 saturated heterocycles. The van der Waals surface area contributed by atoms with Crippen molar-refractivity contribution in [3.8, 4) is 0 Å². The summed E-state index contributed by atoms with van der Waals surface area (Å²) >= 11 is 12.3. The molecule has 0 radical (unpaired) electrons. The fourth-order valence-corrected chi connectivity index (χ4v) is 4.90. The Morgan fingerprint density at radius 3 is 2.40 bits per heavy atom. The maximum atomic E-state index is 13.3. The molecule has 7 nitrogen and oxygen atoms in total. The number of hydrogen-bond donors (Lipinski definition) is 1. The Kier molecular flexibility index (Phi) is 11.3. The molecule has 1 N–H and O–H groups in total. The topological polar surface area (TPSA) is 86.8 Å². The van der Waals surface area contributed by atoms with E-state index in [0.717, 1.165) is 24.7 Å². The second-order valence-corrected chi connectivity index (χ2v) is 11.1. The second kappa shape index (κ2) is 13.7. The highest BCUT2D eigenvalue weighted by Crippen LogP contribution is 2.23. The van der Waals surface area contributed by atoms with Gasteiger partial charge >= 0.3 is 0 Å². The van der Waals surface area contributed by atoms with Crippen molar-refractivity contribution in [3.05, 3.63) is 64.1 Å². The minimum atomic E-state index is -3.58. The van der Waals surface area contributed by atoms with Crippen molar-refractivity contribution in [2.75, 3.05) is 23.7 Å². The van der Waals surface area contributed by atoms with Crippen LogP contribution in [-0.2, 0) is 26.2 Å². The van der Waals surface area contributed by atoms with Gasteiger partial charge in [-0.15, -0.1) is 0 Å². The van der Waals surface area contributed by atoms with E-state index < -0.39 is 16.1 Å². The third-order valence-corrected chi connectivity index (χ3v) is 7.34. The van der Waals surface area contributed by atoms with Gasteiger partial charge in [-0.05, 0) is 49.6 Å². The van der Waals surface area contributed by atoms with Crippen molar-refractivity contribution in [2.45, 2.75) is 52.1 Å². The highest BCUT2D eigenvalue weighted by Gasteiger charge is 2.27. The van der Waals surface area contributed by atoms with Gasteiger partial charge in [-0.3, -0.25) is 13.9 Å². The van der Waals surface area contributed by atoms with Gasteiger partial charge < -0.3 is 10.2 Å². The highest BCUT2D eigenvalue weighted by atomic mass is 35.5. The summed E-state index contributed by atoms with van der Waals surface area (Å²) in [4.78, 5) is 27.5. The first-order chi connectivity index (χ1) is 16.5. The zero-order valence-corrected chi connectivity index (χ0v) is 22.7. The minimum Gasteiger partial charge on any atom is -0.354 e. The van der Waals surface area contributed by atoms with Gasteiger partial charge in [-0.2, -0.15) is 0 Å². The molecule has 0 fully saturated rings. The number of rotatable bonds is 13. The van der Waals surface area contributed by atoms with Crippen molar-refractivity contribution in [1.29, 1.82) is 0 Å². The van der Waals surface area contributed by atoms with Gasteiger partial charge in [-0.25, -0.2) is 8.42 Å². The number of carbonyl (C=O) groups is 2. The van der Waals surface area contributed by atoms with E-state index in [1.807, 2.05) is 19.1 Å². The molecule has 35 heavy (non-hydrogen) atoms. The lowest BCUT2D eigenvalue weighted by atomic mass is 10.1. The number of carbonyl (C=O) groups excluding carboxylic acids is 2. The van der Waals surface area contributed by atoms with Crippen molar-refractivity contribution < 1.29 is 18.0 Å². The molecule has 0 spiro atoms. The van der Waals surface area contributed by atoms with Gasteiger partial charge in [0.05, 0.1) is 11.9 Å². The molecule has 0 bridgehead atoms. The lowest BCUT2D eigenvalue weighted by Crippen LogP contribution is -2.48. The Hall–Kier alpha value is -2.29. The van der Waals surface area contributed by atoms with Gasteiger partial charge in [0.25, 0.3) is 0 Å². The normalized spacial score (nSPS) is 12.1. The molecule has 2 rings (SSSR count). The standard InChI is InChI=1S/C25H33Cl2N3O4S/c1-4-5-15-28-25(32)19(2)29(18-20-10-6-7-13-23(20)27)24(31)14-9-16-30(35(3,33)34)22-12-8-11-21(26)17-22/h6-8,10-13,17,19H,4-5,9,14-16,18H2,1-3H3,(H,28,32). The summed E-state index contributed by atoms with van der Waals surface area (Å²) in [6, 6.07) is 13.0. The average molecular weight is 543 g/mol. The maximum Gasteiger partial charge on any atom is 0.242 e. The van der Waals surface area contributed by atoms with E-state index in [9.17, 15) is 18.0 Å². The number of hydrogen-bond acceptors (Lipinski definition) is 4. The second-order valence-electron chi connectivity index (χ2n) is 8.35. The smallest absolute Gasteiger partial charge is 0.242 e. The van der Waals surface area contributed by atoms with Crippen molar-refractivity contribution in [3.63, 3.8) is 0 Å². The summed E-state index contributed by atoms with van der Waals surface area (Å²) in [6.07, 6.45) is 3.23. The monoisotopic (exact) mass is 541 g/mol. The Morgan fingerprint density at radius 2 is 1.77 bits per heavy atom. The van der Waals surface area contributed by atoms with Gasteiger partial charge in [0.15, 0.2) is 0 Å². The summed E-state index contributed by atoms with van der Waals surface area (Å²) in [7, 11) is -3.58. The number of unbranched alkanes of at least 4 members (excludes halogenated alkanes) is 1. The number of benzene rings is 2. The quantitative estimate of drug-likeness (QED) is 0.366. The summed E-state index contributed by atoms with van der Waals surface area (Å²) in [5, 5.41) is 3.80. The van der Waals surface area contributed by atoms with Crippen LogP contribution in [0, 0.1) is 0 Å². The predicted octanol–water partition coefficient (Wildman–Crippen LogP) is 4.87. The predicted molar refractivity (Wildman–Crippen MR) is 142 cm³/mol. The van der Waals surface area contributed by atoms with Gasteiger partial charge in [0, 0.05) is 36.1 Å². The average Bonchev–Trinajstić information content (AvgIpc) is 2.80. The van der Waals surface area contributed by atoms with Crippen LogP contribution in [0.4, 0.5) is 5.69 Å². The van der Waals surface area contributed by atoms with Crippen LogP contribution in [-0.4, -0.2) is 50.5 Å². The summed E-state index contributed by atoms with van der Waals surface area (Å²) < 4.78 is 26.0. The Balaban J connectivity index is 2.15. The van der Waals surface area contributed by atoms with Crippen LogP contribution >= 0.6 is 23.2 Å². The largest absolute Gasteiger partial charge is 0.354 e. The number of anilines is 1. The Bertz CT molecular complexity index is 1110. The molecule has 0 aliphatic carbocycles. The summed E-state index contributed by atoms with van der Waals surface area (Å²) in [5.74, 6) is -0.502. The molecule has 0 aliphatic rings. The SMILES string of the molecule is CCCCNC(=O)C(C)N(Cc1ccccc1Cl)C(=O)CCCN(c1cccc(Cl)c1)S(C)(=O)=O. The van der Waals surface area contributed by atoms with Crippen LogP contribution in [0.2, 0.25) is 10.0 Å². The van der Waals surface area contributed by atoms with E-state index in [0.29, 0.717) is 22.3 Å². The number of amides is 2. The molecule has 0 aromatic heterocycles. The van der Waals surface area contributed by atoms with E-state index in [1.165, 1.54) is 9.21 Å². The molecule has 0 heterocycles. The molecule has 1 unspecified atom stereocenters. The van der Waals surface area contributed by atoms with Gasteiger partial charge in [0.1, 0.15) is 6.04 Å². The Labute approximate surface area is 218 Å². The number of halogens is 2. The lowest BCUT2D eigenvalue weighted by molar-refractivity contribution is -0.140. The third-order valence-electron chi connectivity index (χ3n) is 5.54. The molecule has 2 amide bonds. The molecule has 0 aliphatic heterocycles. The van der Waals surface area contributed by atoms with Crippen molar-refractivity contribution in [2.24, 2.45) is 0 Å². The van der Waals surface area contributed by atoms with Crippen LogP contribution in [0.15, 0.2) is 48.5 Å². The molecular formula is C25H33Cl2N3O4S. The summed E-state index contributed by atoms with van der Waals surface area (Å²) in [6.45, 7) is 4.53.